The van der Waals surface area contributed by atoms with E-state index >= 15 is 0 Å². The Bertz CT molecular complexity index is 772. The summed E-state index contributed by atoms with van der Waals surface area (Å²) in [6, 6.07) is 7.66. The van der Waals surface area contributed by atoms with Crippen molar-refractivity contribution in [2.45, 2.75) is 25.8 Å². The van der Waals surface area contributed by atoms with E-state index in [0.29, 0.717) is 5.91 Å². The van der Waals surface area contributed by atoms with E-state index in [9.17, 15) is 4.79 Å². The van der Waals surface area contributed by atoms with Crippen molar-refractivity contribution in [3.63, 3.8) is 0 Å². The summed E-state index contributed by atoms with van der Waals surface area (Å²) in [6.07, 6.45) is 7.08. The largest absolute Gasteiger partial charge is 0.345 e. The van der Waals surface area contributed by atoms with Gasteiger partial charge >= 0.3 is 0 Å². The lowest BCUT2D eigenvalue weighted by molar-refractivity contribution is -0.143. The standard InChI is InChI=1S/C19H23ClN4O/c1-22-9-2-7-19(18(22)25)8-10-23(14-19)12-15-11-21-24(13-15)17-5-3-16(20)4-6-17/h3-6,11,13H,2,7-10,12,14H2,1H3. The summed E-state index contributed by atoms with van der Waals surface area (Å²) in [6.45, 7) is 3.58. The van der Waals surface area contributed by atoms with Crippen LogP contribution in [0.5, 0.6) is 0 Å². The maximum absolute atomic E-state index is 12.6. The third kappa shape index (κ3) is 3.18. The molecule has 1 amide bonds. The SMILES string of the molecule is CN1CCCC2(CCN(Cc3cnn(-c4ccc(Cl)cc4)c3)C2)C1=O. The number of carbonyl (C=O) groups is 1. The highest BCUT2D eigenvalue weighted by Crippen LogP contribution is 2.40. The first-order chi connectivity index (χ1) is 12.1. The third-order valence-corrected chi connectivity index (χ3v) is 5.77. The minimum absolute atomic E-state index is 0.154. The number of likely N-dealkylation sites (tertiary alicyclic amines) is 2. The van der Waals surface area contributed by atoms with Crippen LogP contribution in [0.2, 0.25) is 5.02 Å². The van der Waals surface area contributed by atoms with Crippen LogP contribution in [-0.2, 0) is 11.3 Å². The molecule has 0 radical (unpaired) electrons. The first kappa shape index (κ1) is 16.6. The first-order valence-corrected chi connectivity index (χ1v) is 9.21. The second kappa shape index (κ2) is 6.46. The van der Waals surface area contributed by atoms with Gasteiger partial charge in [-0.25, -0.2) is 4.68 Å². The summed E-state index contributed by atoms with van der Waals surface area (Å²) in [7, 11) is 1.93. The van der Waals surface area contributed by atoms with Crippen LogP contribution in [0.3, 0.4) is 0 Å². The Morgan fingerprint density at radius 2 is 2.00 bits per heavy atom. The lowest BCUT2D eigenvalue weighted by Crippen LogP contribution is -2.48. The fourth-order valence-corrected chi connectivity index (χ4v) is 4.30. The molecule has 25 heavy (non-hydrogen) atoms. The highest BCUT2D eigenvalue weighted by molar-refractivity contribution is 6.30. The van der Waals surface area contributed by atoms with E-state index in [4.69, 9.17) is 11.6 Å². The molecule has 3 heterocycles. The van der Waals surface area contributed by atoms with E-state index < -0.39 is 0 Å². The van der Waals surface area contributed by atoms with Crippen LogP contribution in [0, 0.1) is 5.41 Å². The van der Waals surface area contributed by atoms with Gasteiger partial charge in [-0.1, -0.05) is 11.6 Å². The van der Waals surface area contributed by atoms with Gasteiger partial charge in [0, 0.05) is 43.5 Å². The Kier molecular flexibility index (Phi) is 4.29. The summed E-state index contributed by atoms with van der Waals surface area (Å²) in [4.78, 5) is 16.9. The van der Waals surface area contributed by atoms with E-state index in [-0.39, 0.29) is 5.41 Å². The predicted octanol–water partition coefficient (Wildman–Crippen LogP) is 2.97. The smallest absolute Gasteiger partial charge is 0.229 e. The summed E-state index contributed by atoms with van der Waals surface area (Å²) in [5, 5.41) is 5.18. The second-order valence-electron chi connectivity index (χ2n) is 7.34. The first-order valence-electron chi connectivity index (χ1n) is 8.83. The predicted molar refractivity (Wildman–Crippen MR) is 97.8 cm³/mol. The van der Waals surface area contributed by atoms with Crippen molar-refractivity contribution < 1.29 is 4.79 Å². The number of hydrogen-bond donors (Lipinski definition) is 0. The molecule has 0 saturated carbocycles. The molecule has 2 aliphatic heterocycles. The molecule has 2 saturated heterocycles. The summed E-state index contributed by atoms with van der Waals surface area (Å²) in [5.41, 5.74) is 2.01. The van der Waals surface area contributed by atoms with E-state index in [1.807, 2.05) is 47.1 Å². The Hall–Kier alpha value is -1.85. The maximum atomic E-state index is 12.6. The van der Waals surface area contributed by atoms with Crippen molar-refractivity contribution in [2.75, 3.05) is 26.7 Å². The molecule has 132 valence electrons. The van der Waals surface area contributed by atoms with Crippen molar-refractivity contribution in [1.82, 2.24) is 19.6 Å². The molecular weight excluding hydrogens is 336 g/mol. The van der Waals surface area contributed by atoms with Crippen LogP contribution in [0.25, 0.3) is 5.69 Å². The molecule has 1 spiro atoms. The fraction of sp³-hybridized carbons (Fsp3) is 0.474. The number of benzene rings is 1. The average molecular weight is 359 g/mol. The molecule has 2 aromatic rings. The Morgan fingerprint density at radius 3 is 2.80 bits per heavy atom. The number of amides is 1. The molecule has 1 unspecified atom stereocenters. The number of hydrogen-bond acceptors (Lipinski definition) is 3. The third-order valence-electron chi connectivity index (χ3n) is 5.52. The quantitative estimate of drug-likeness (QED) is 0.847. The van der Waals surface area contributed by atoms with Gasteiger partial charge in [-0.15, -0.1) is 0 Å². The van der Waals surface area contributed by atoms with Gasteiger partial charge < -0.3 is 4.90 Å². The van der Waals surface area contributed by atoms with Gasteiger partial charge in [0.1, 0.15) is 0 Å². The molecule has 1 aromatic heterocycles. The van der Waals surface area contributed by atoms with E-state index in [1.165, 1.54) is 5.56 Å². The van der Waals surface area contributed by atoms with Crippen molar-refractivity contribution in [3.8, 4) is 5.69 Å². The monoisotopic (exact) mass is 358 g/mol. The number of piperidine rings is 1. The second-order valence-corrected chi connectivity index (χ2v) is 7.78. The number of halogens is 1. The van der Waals surface area contributed by atoms with Gasteiger partial charge in [-0.3, -0.25) is 9.69 Å². The summed E-state index contributed by atoms with van der Waals surface area (Å²) in [5.74, 6) is 0.332. The molecule has 4 rings (SSSR count). The van der Waals surface area contributed by atoms with E-state index in [1.54, 1.807) is 0 Å². The lowest BCUT2D eigenvalue weighted by atomic mass is 9.78. The van der Waals surface area contributed by atoms with Crippen LogP contribution in [0.1, 0.15) is 24.8 Å². The number of rotatable bonds is 3. The van der Waals surface area contributed by atoms with Crippen molar-refractivity contribution >= 4 is 17.5 Å². The van der Waals surface area contributed by atoms with Crippen LogP contribution in [0.4, 0.5) is 0 Å². The molecule has 1 aromatic carbocycles. The number of carbonyl (C=O) groups excluding carboxylic acids is 1. The van der Waals surface area contributed by atoms with Crippen LogP contribution < -0.4 is 0 Å². The Morgan fingerprint density at radius 1 is 1.20 bits per heavy atom. The topological polar surface area (TPSA) is 41.4 Å². The van der Waals surface area contributed by atoms with Gasteiger partial charge in [0.05, 0.1) is 17.3 Å². The van der Waals surface area contributed by atoms with Gasteiger partial charge in [0.25, 0.3) is 0 Å². The van der Waals surface area contributed by atoms with Gasteiger partial charge in [0.15, 0.2) is 0 Å². The zero-order valence-corrected chi connectivity index (χ0v) is 15.2. The van der Waals surface area contributed by atoms with E-state index in [2.05, 4.69) is 16.2 Å². The van der Waals surface area contributed by atoms with Crippen molar-refractivity contribution in [3.05, 3.63) is 47.2 Å². The van der Waals surface area contributed by atoms with Crippen LogP contribution in [-0.4, -0.2) is 52.2 Å². The zero-order valence-electron chi connectivity index (χ0n) is 14.5. The fourth-order valence-electron chi connectivity index (χ4n) is 4.17. The molecule has 5 nitrogen and oxygen atoms in total. The van der Waals surface area contributed by atoms with Gasteiger partial charge in [-0.2, -0.15) is 5.10 Å². The average Bonchev–Trinajstić information content (AvgIpc) is 3.22. The number of aromatic nitrogens is 2. The maximum Gasteiger partial charge on any atom is 0.229 e. The Labute approximate surface area is 153 Å². The molecule has 6 heteroatoms. The molecule has 2 fully saturated rings. The molecule has 0 N–H and O–H groups in total. The number of nitrogens with zero attached hydrogens (tertiary/aromatic N) is 4. The summed E-state index contributed by atoms with van der Waals surface area (Å²) >= 11 is 5.94. The van der Waals surface area contributed by atoms with Crippen molar-refractivity contribution in [2.24, 2.45) is 5.41 Å². The summed E-state index contributed by atoms with van der Waals surface area (Å²) < 4.78 is 1.87. The molecule has 0 aliphatic carbocycles. The van der Waals surface area contributed by atoms with Gasteiger partial charge in [-0.05, 0) is 50.1 Å². The van der Waals surface area contributed by atoms with Crippen LogP contribution in [0.15, 0.2) is 36.7 Å². The zero-order chi connectivity index (χ0) is 17.4. The molecule has 0 bridgehead atoms. The van der Waals surface area contributed by atoms with Crippen molar-refractivity contribution in [1.29, 1.82) is 0 Å². The minimum atomic E-state index is -0.154. The van der Waals surface area contributed by atoms with E-state index in [0.717, 1.165) is 56.2 Å². The molecule has 2 aliphatic rings. The normalized spacial score (nSPS) is 24.4. The lowest BCUT2D eigenvalue weighted by Gasteiger charge is -2.37. The molecular formula is C19H23ClN4O. The van der Waals surface area contributed by atoms with Gasteiger partial charge in [0.2, 0.25) is 5.91 Å². The minimum Gasteiger partial charge on any atom is -0.345 e. The highest BCUT2D eigenvalue weighted by Gasteiger charge is 2.47. The Balaban J connectivity index is 1.44. The highest BCUT2D eigenvalue weighted by atomic mass is 35.5. The molecule has 1 atom stereocenters. The van der Waals surface area contributed by atoms with Crippen LogP contribution >= 0.6 is 11.6 Å².